The molecule has 64 valence electrons. The lowest BCUT2D eigenvalue weighted by Crippen LogP contribution is -2.48. The lowest BCUT2D eigenvalue weighted by Gasteiger charge is -2.39. The lowest BCUT2D eigenvalue weighted by molar-refractivity contribution is 0.191. The Morgan fingerprint density at radius 1 is 0.909 bits per heavy atom. The Labute approximate surface area is 69.4 Å². The first-order valence-corrected chi connectivity index (χ1v) is 4.95. The van der Waals surface area contributed by atoms with Crippen LogP contribution < -0.4 is 5.73 Å². The molecule has 2 rings (SSSR count). The molecule has 0 saturated heterocycles. The Morgan fingerprint density at radius 3 is 1.91 bits per heavy atom. The zero-order valence-corrected chi connectivity index (χ0v) is 7.53. The Kier molecular flexibility index (Phi) is 1.54. The molecule has 11 heavy (non-hydrogen) atoms. The predicted molar refractivity (Wildman–Crippen MR) is 47.3 cm³/mol. The van der Waals surface area contributed by atoms with Crippen LogP contribution in [0.5, 0.6) is 0 Å². The molecular formula is C10H19N. The number of rotatable bonds is 1. The normalized spacial score (nSPS) is 33.3. The Bertz CT molecular complexity index is 152. The van der Waals surface area contributed by atoms with Crippen LogP contribution in [0, 0.1) is 5.41 Å². The van der Waals surface area contributed by atoms with Crippen molar-refractivity contribution in [3.05, 3.63) is 0 Å². The molecule has 0 aromatic rings. The fourth-order valence-corrected chi connectivity index (χ4v) is 2.47. The number of hydrogen-bond acceptors (Lipinski definition) is 1. The highest BCUT2D eigenvalue weighted by Gasteiger charge is 2.53. The third-order valence-electron chi connectivity index (χ3n) is 3.95. The molecule has 0 heterocycles. The minimum atomic E-state index is 0.227. The maximum atomic E-state index is 6.40. The molecule has 2 aliphatic rings. The van der Waals surface area contributed by atoms with Crippen LogP contribution in [0.25, 0.3) is 0 Å². The Hall–Kier alpha value is -0.0400. The van der Waals surface area contributed by atoms with Crippen molar-refractivity contribution in [2.45, 2.75) is 57.4 Å². The highest BCUT2D eigenvalue weighted by molar-refractivity contribution is 5.09. The summed E-state index contributed by atoms with van der Waals surface area (Å²) in [4.78, 5) is 0. The van der Waals surface area contributed by atoms with Crippen molar-refractivity contribution in [2.24, 2.45) is 11.1 Å². The fraction of sp³-hybridized carbons (Fsp3) is 1.00. The molecule has 2 saturated carbocycles. The number of hydrogen-bond donors (Lipinski definition) is 1. The van der Waals surface area contributed by atoms with Crippen LogP contribution in [0.3, 0.4) is 0 Å². The van der Waals surface area contributed by atoms with Crippen molar-refractivity contribution in [2.75, 3.05) is 0 Å². The minimum Gasteiger partial charge on any atom is -0.325 e. The van der Waals surface area contributed by atoms with Crippen molar-refractivity contribution < 1.29 is 0 Å². The molecule has 0 atom stereocenters. The molecule has 0 aromatic carbocycles. The third-order valence-corrected chi connectivity index (χ3v) is 3.95. The van der Waals surface area contributed by atoms with E-state index in [4.69, 9.17) is 5.73 Å². The maximum Gasteiger partial charge on any atom is 0.0208 e. The van der Waals surface area contributed by atoms with E-state index in [-0.39, 0.29) is 5.54 Å². The smallest absolute Gasteiger partial charge is 0.0208 e. The van der Waals surface area contributed by atoms with Gasteiger partial charge < -0.3 is 5.73 Å². The van der Waals surface area contributed by atoms with E-state index in [1.165, 1.54) is 44.9 Å². The van der Waals surface area contributed by atoms with Gasteiger partial charge in [-0.3, -0.25) is 0 Å². The van der Waals surface area contributed by atoms with Crippen LogP contribution >= 0.6 is 0 Å². The second-order valence-corrected chi connectivity index (χ2v) is 4.78. The predicted octanol–water partition coefficient (Wildman–Crippen LogP) is 2.45. The molecule has 0 bridgehead atoms. The van der Waals surface area contributed by atoms with Crippen LogP contribution in [0.1, 0.15) is 51.9 Å². The summed E-state index contributed by atoms with van der Waals surface area (Å²) in [7, 11) is 0. The standard InChI is InChI=1S/C10H19N/c1-9(7-8-9)10(11)5-3-2-4-6-10/h2-8,11H2,1H3. The lowest BCUT2D eigenvalue weighted by atomic mass is 9.72. The largest absolute Gasteiger partial charge is 0.325 e. The summed E-state index contributed by atoms with van der Waals surface area (Å²) in [5, 5.41) is 0. The minimum absolute atomic E-state index is 0.227. The van der Waals surface area contributed by atoms with Crippen LogP contribution in [0.4, 0.5) is 0 Å². The van der Waals surface area contributed by atoms with E-state index >= 15 is 0 Å². The fourth-order valence-electron chi connectivity index (χ4n) is 2.47. The molecule has 0 aliphatic heterocycles. The molecule has 0 unspecified atom stereocenters. The van der Waals surface area contributed by atoms with Gasteiger partial charge in [0.2, 0.25) is 0 Å². The summed E-state index contributed by atoms with van der Waals surface area (Å²) in [5.41, 5.74) is 7.16. The topological polar surface area (TPSA) is 26.0 Å². The molecule has 2 fully saturated rings. The van der Waals surface area contributed by atoms with Gasteiger partial charge in [-0.05, 0) is 31.1 Å². The summed E-state index contributed by atoms with van der Waals surface area (Å²) in [5.74, 6) is 0. The monoisotopic (exact) mass is 153 g/mol. The highest BCUT2D eigenvalue weighted by atomic mass is 14.8. The van der Waals surface area contributed by atoms with Gasteiger partial charge in [-0.15, -0.1) is 0 Å². The van der Waals surface area contributed by atoms with E-state index in [0.29, 0.717) is 5.41 Å². The van der Waals surface area contributed by atoms with E-state index < -0.39 is 0 Å². The zero-order chi connectivity index (χ0) is 7.95. The van der Waals surface area contributed by atoms with Crippen LogP contribution in [0.2, 0.25) is 0 Å². The first kappa shape index (κ1) is 7.60. The average molecular weight is 153 g/mol. The van der Waals surface area contributed by atoms with Crippen molar-refractivity contribution in [3.8, 4) is 0 Å². The van der Waals surface area contributed by atoms with E-state index in [1.807, 2.05) is 0 Å². The van der Waals surface area contributed by atoms with E-state index in [0.717, 1.165) is 0 Å². The number of nitrogens with two attached hydrogens (primary N) is 1. The van der Waals surface area contributed by atoms with Gasteiger partial charge in [0.25, 0.3) is 0 Å². The zero-order valence-electron chi connectivity index (χ0n) is 7.53. The average Bonchev–Trinajstić information content (AvgIpc) is 2.71. The molecule has 1 nitrogen and oxygen atoms in total. The van der Waals surface area contributed by atoms with Gasteiger partial charge in [0.1, 0.15) is 0 Å². The first-order chi connectivity index (χ1) is 5.16. The molecule has 0 spiro atoms. The summed E-state index contributed by atoms with van der Waals surface area (Å²) < 4.78 is 0. The molecular weight excluding hydrogens is 134 g/mol. The molecule has 2 N–H and O–H groups in total. The second kappa shape index (κ2) is 2.22. The van der Waals surface area contributed by atoms with Crippen molar-refractivity contribution in [3.63, 3.8) is 0 Å². The molecule has 0 radical (unpaired) electrons. The summed E-state index contributed by atoms with van der Waals surface area (Å²) in [6, 6.07) is 0. The van der Waals surface area contributed by atoms with Gasteiger partial charge in [-0.25, -0.2) is 0 Å². The summed E-state index contributed by atoms with van der Waals surface area (Å²) in [6.07, 6.45) is 9.47. The highest BCUT2D eigenvalue weighted by Crippen LogP contribution is 2.56. The van der Waals surface area contributed by atoms with Gasteiger partial charge in [0, 0.05) is 5.54 Å². The van der Waals surface area contributed by atoms with Gasteiger partial charge >= 0.3 is 0 Å². The van der Waals surface area contributed by atoms with Crippen molar-refractivity contribution in [1.82, 2.24) is 0 Å². The van der Waals surface area contributed by atoms with Crippen LogP contribution in [-0.2, 0) is 0 Å². The first-order valence-electron chi connectivity index (χ1n) is 4.95. The van der Waals surface area contributed by atoms with Gasteiger partial charge in [-0.1, -0.05) is 26.2 Å². The van der Waals surface area contributed by atoms with Crippen molar-refractivity contribution in [1.29, 1.82) is 0 Å². The van der Waals surface area contributed by atoms with Crippen LogP contribution in [-0.4, -0.2) is 5.54 Å². The van der Waals surface area contributed by atoms with Gasteiger partial charge in [0.05, 0.1) is 0 Å². The summed E-state index contributed by atoms with van der Waals surface area (Å²) >= 11 is 0. The molecule has 0 amide bonds. The van der Waals surface area contributed by atoms with E-state index in [2.05, 4.69) is 6.92 Å². The van der Waals surface area contributed by atoms with Crippen molar-refractivity contribution >= 4 is 0 Å². The summed E-state index contributed by atoms with van der Waals surface area (Å²) in [6.45, 7) is 2.37. The van der Waals surface area contributed by atoms with E-state index in [9.17, 15) is 0 Å². The van der Waals surface area contributed by atoms with Gasteiger partial charge in [0.15, 0.2) is 0 Å². The Balaban J connectivity index is 2.07. The molecule has 1 heteroatoms. The van der Waals surface area contributed by atoms with E-state index in [1.54, 1.807) is 0 Å². The molecule has 2 aliphatic carbocycles. The third kappa shape index (κ3) is 1.10. The maximum absolute atomic E-state index is 6.40. The Morgan fingerprint density at radius 2 is 1.45 bits per heavy atom. The SMILES string of the molecule is CC1(C2(N)CCCCC2)CC1. The van der Waals surface area contributed by atoms with Gasteiger partial charge in [-0.2, -0.15) is 0 Å². The second-order valence-electron chi connectivity index (χ2n) is 4.78. The molecule has 0 aromatic heterocycles. The van der Waals surface area contributed by atoms with Crippen LogP contribution in [0.15, 0.2) is 0 Å². The quantitative estimate of drug-likeness (QED) is 0.615.